The minimum absolute atomic E-state index is 0.0727. The molecule has 1 aromatic heterocycles. The van der Waals surface area contributed by atoms with Crippen LogP contribution >= 0.6 is 11.6 Å². The highest BCUT2D eigenvalue weighted by Gasteiger charge is 2.19. The second-order valence-corrected chi connectivity index (χ2v) is 4.99. The van der Waals surface area contributed by atoms with E-state index in [0.29, 0.717) is 18.0 Å². The number of aromatic nitrogens is 1. The van der Waals surface area contributed by atoms with Crippen molar-refractivity contribution < 1.29 is 9.90 Å². The van der Waals surface area contributed by atoms with E-state index in [1.807, 2.05) is 0 Å². The molecule has 0 spiro atoms. The Morgan fingerprint density at radius 3 is 2.89 bits per heavy atom. The number of carbonyl (C=O) groups is 1. The summed E-state index contributed by atoms with van der Waals surface area (Å²) in [7, 11) is 0. The second kappa shape index (κ2) is 6.73. The molecule has 104 valence electrons. The Morgan fingerprint density at radius 2 is 2.16 bits per heavy atom. The van der Waals surface area contributed by atoms with E-state index >= 15 is 0 Å². The number of rotatable bonds is 4. The molecule has 2 heterocycles. The predicted octanol–water partition coefficient (Wildman–Crippen LogP) is 0.938. The lowest BCUT2D eigenvalue weighted by molar-refractivity contribution is -0.117. The lowest BCUT2D eigenvalue weighted by atomic mass is 10.1. The van der Waals surface area contributed by atoms with Gasteiger partial charge in [-0.3, -0.25) is 9.78 Å². The maximum Gasteiger partial charge on any atom is 0.209 e. The summed E-state index contributed by atoms with van der Waals surface area (Å²) in [5, 5.41) is 9.73. The first-order valence-electron chi connectivity index (χ1n) is 6.43. The average Bonchev–Trinajstić information content (AvgIpc) is 2.64. The monoisotopic (exact) mass is 283 g/mol. The number of aliphatic hydroxyl groups excluding tert-OH is 1. The summed E-state index contributed by atoms with van der Waals surface area (Å²) >= 11 is 6.25. The fourth-order valence-corrected chi connectivity index (χ4v) is 2.69. The molecule has 1 N–H and O–H groups in total. The van der Waals surface area contributed by atoms with Gasteiger partial charge in [-0.2, -0.15) is 0 Å². The second-order valence-electron chi connectivity index (χ2n) is 4.58. The molecule has 1 amide bonds. The Bertz CT molecular complexity index is 442. The van der Waals surface area contributed by atoms with Crippen LogP contribution in [0.4, 0.5) is 5.69 Å². The van der Waals surface area contributed by atoms with Crippen LogP contribution in [0.15, 0.2) is 12.4 Å². The third-order valence-corrected chi connectivity index (χ3v) is 3.60. The molecule has 0 atom stereocenters. The molecule has 0 saturated carbocycles. The van der Waals surface area contributed by atoms with Gasteiger partial charge in [-0.1, -0.05) is 11.6 Å². The molecule has 1 aliphatic heterocycles. The first-order chi connectivity index (χ1) is 9.26. The normalized spacial score (nSPS) is 16.3. The molecule has 19 heavy (non-hydrogen) atoms. The van der Waals surface area contributed by atoms with Gasteiger partial charge in [0, 0.05) is 45.2 Å². The van der Waals surface area contributed by atoms with Crippen LogP contribution < -0.4 is 4.90 Å². The van der Waals surface area contributed by atoms with E-state index in [9.17, 15) is 4.79 Å². The number of pyridine rings is 1. The number of carbonyl (C=O) groups excluding carboxylic acids is 1. The van der Waals surface area contributed by atoms with Crippen molar-refractivity contribution in [2.45, 2.75) is 12.8 Å². The first-order valence-corrected chi connectivity index (χ1v) is 6.81. The van der Waals surface area contributed by atoms with E-state index in [1.165, 1.54) is 0 Å². The van der Waals surface area contributed by atoms with Gasteiger partial charge in [0.1, 0.15) is 0 Å². The first kappa shape index (κ1) is 14.1. The van der Waals surface area contributed by atoms with Gasteiger partial charge < -0.3 is 14.9 Å². The SMILES string of the molecule is O=CN1CCCN(c2c(Cl)cncc2CCO)CC1. The van der Waals surface area contributed by atoms with Crippen molar-refractivity contribution in [3.05, 3.63) is 23.0 Å². The Labute approximate surface area is 117 Å². The van der Waals surface area contributed by atoms with Crippen molar-refractivity contribution in [2.75, 3.05) is 37.7 Å². The van der Waals surface area contributed by atoms with E-state index in [1.54, 1.807) is 17.3 Å². The van der Waals surface area contributed by atoms with Crippen molar-refractivity contribution in [3.8, 4) is 0 Å². The number of hydrogen-bond acceptors (Lipinski definition) is 4. The molecular formula is C13H18ClN3O2. The highest BCUT2D eigenvalue weighted by Crippen LogP contribution is 2.30. The van der Waals surface area contributed by atoms with Crippen LogP contribution in [-0.4, -0.2) is 54.2 Å². The molecule has 0 radical (unpaired) electrons. The number of hydrogen-bond donors (Lipinski definition) is 1. The van der Waals surface area contributed by atoms with E-state index in [0.717, 1.165) is 43.7 Å². The summed E-state index contributed by atoms with van der Waals surface area (Å²) in [5.41, 5.74) is 1.90. The maximum absolute atomic E-state index is 10.8. The van der Waals surface area contributed by atoms with Crippen LogP contribution in [-0.2, 0) is 11.2 Å². The van der Waals surface area contributed by atoms with Crippen LogP contribution in [0.25, 0.3) is 0 Å². The van der Waals surface area contributed by atoms with Crippen molar-refractivity contribution >= 4 is 23.7 Å². The van der Waals surface area contributed by atoms with Gasteiger partial charge in [-0.15, -0.1) is 0 Å². The van der Waals surface area contributed by atoms with E-state index in [-0.39, 0.29) is 6.61 Å². The van der Waals surface area contributed by atoms with Gasteiger partial charge in [-0.25, -0.2) is 0 Å². The standard InChI is InChI=1S/C13H18ClN3O2/c14-12-9-15-8-11(2-7-18)13(12)17-4-1-3-16(10-19)5-6-17/h8-10,18H,1-7H2. The summed E-state index contributed by atoms with van der Waals surface area (Å²) in [6.45, 7) is 3.15. The third-order valence-electron chi connectivity index (χ3n) is 3.33. The molecule has 1 fully saturated rings. The number of amides is 1. The Hall–Kier alpha value is -1.33. The summed E-state index contributed by atoms with van der Waals surface area (Å²) in [6, 6.07) is 0. The zero-order valence-electron chi connectivity index (χ0n) is 10.8. The van der Waals surface area contributed by atoms with Gasteiger partial charge in [0.2, 0.25) is 6.41 Å². The molecular weight excluding hydrogens is 266 g/mol. The quantitative estimate of drug-likeness (QED) is 0.836. The number of anilines is 1. The molecule has 0 bridgehead atoms. The zero-order chi connectivity index (χ0) is 13.7. The van der Waals surface area contributed by atoms with Gasteiger partial charge >= 0.3 is 0 Å². The number of aliphatic hydroxyl groups is 1. The summed E-state index contributed by atoms with van der Waals surface area (Å²) in [4.78, 5) is 18.9. The molecule has 1 aliphatic rings. The minimum atomic E-state index is 0.0727. The molecule has 0 aliphatic carbocycles. The van der Waals surface area contributed by atoms with Crippen LogP contribution in [0.3, 0.4) is 0 Å². The lowest BCUT2D eigenvalue weighted by Crippen LogP contribution is -2.30. The van der Waals surface area contributed by atoms with Crippen LogP contribution in [0, 0.1) is 0 Å². The third kappa shape index (κ3) is 3.36. The highest BCUT2D eigenvalue weighted by atomic mass is 35.5. The number of nitrogens with zero attached hydrogens (tertiary/aromatic N) is 3. The number of halogens is 1. The minimum Gasteiger partial charge on any atom is -0.396 e. The Balaban J connectivity index is 2.22. The Kier molecular flexibility index (Phi) is 4.99. The molecule has 6 heteroatoms. The molecule has 5 nitrogen and oxygen atoms in total. The maximum atomic E-state index is 10.8. The van der Waals surface area contributed by atoms with Crippen LogP contribution in [0.5, 0.6) is 0 Å². The topological polar surface area (TPSA) is 56.7 Å². The van der Waals surface area contributed by atoms with Crippen molar-refractivity contribution in [1.29, 1.82) is 0 Å². The fraction of sp³-hybridized carbons (Fsp3) is 0.538. The summed E-state index contributed by atoms with van der Waals surface area (Å²) in [5.74, 6) is 0. The highest BCUT2D eigenvalue weighted by molar-refractivity contribution is 6.33. The van der Waals surface area contributed by atoms with E-state index < -0.39 is 0 Å². The van der Waals surface area contributed by atoms with Crippen molar-refractivity contribution in [3.63, 3.8) is 0 Å². The molecule has 0 unspecified atom stereocenters. The predicted molar refractivity (Wildman–Crippen MR) is 74.5 cm³/mol. The lowest BCUT2D eigenvalue weighted by Gasteiger charge is -2.26. The fourth-order valence-electron chi connectivity index (χ4n) is 2.39. The average molecular weight is 284 g/mol. The van der Waals surface area contributed by atoms with Gasteiger partial charge in [0.05, 0.1) is 10.7 Å². The molecule has 0 aromatic carbocycles. The van der Waals surface area contributed by atoms with E-state index in [2.05, 4.69) is 9.88 Å². The molecule has 2 rings (SSSR count). The zero-order valence-corrected chi connectivity index (χ0v) is 11.5. The van der Waals surface area contributed by atoms with Crippen LogP contribution in [0.1, 0.15) is 12.0 Å². The van der Waals surface area contributed by atoms with Gasteiger partial charge in [0.15, 0.2) is 0 Å². The largest absolute Gasteiger partial charge is 0.396 e. The van der Waals surface area contributed by atoms with Crippen molar-refractivity contribution in [2.24, 2.45) is 0 Å². The van der Waals surface area contributed by atoms with Gasteiger partial charge in [-0.05, 0) is 18.4 Å². The summed E-state index contributed by atoms with van der Waals surface area (Å²) < 4.78 is 0. The van der Waals surface area contributed by atoms with Crippen molar-refractivity contribution in [1.82, 2.24) is 9.88 Å². The van der Waals surface area contributed by atoms with Crippen LogP contribution in [0.2, 0.25) is 5.02 Å². The van der Waals surface area contributed by atoms with E-state index in [4.69, 9.17) is 16.7 Å². The molecule has 1 saturated heterocycles. The smallest absolute Gasteiger partial charge is 0.209 e. The van der Waals surface area contributed by atoms with Gasteiger partial charge in [0.25, 0.3) is 0 Å². The summed E-state index contributed by atoms with van der Waals surface area (Å²) in [6.07, 6.45) is 5.72. The molecule has 1 aromatic rings. The Morgan fingerprint density at radius 1 is 1.32 bits per heavy atom.